The van der Waals surface area contributed by atoms with E-state index in [1.54, 1.807) is 41.6 Å². The summed E-state index contributed by atoms with van der Waals surface area (Å²) in [6, 6.07) is 24.0. The van der Waals surface area contributed by atoms with E-state index in [2.05, 4.69) is 19.9 Å². The Morgan fingerprint density at radius 3 is 2.41 bits per heavy atom. The molecular formula is C25H18N6O3. The molecule has 9 nitrogen and oxygen atoms in total. The minimum Gasteiger partial charge on any atom is -0.431 e. The summed E-state index contributed by atoms with van der Waals surface area (Å²) >= 11 is 0. The molecule has 0 fully saturated rings. The SMILES string of the molecule is O=[N+]([O-])c1c(Oc2cccc3cccnc23)ncnc1N(Cc1ccccc1)c1ccccn1. The Kier molecular flexibility index (Phi) is 5.73. The molecule has 34 heavy (non-hydrogen) atoms. The summed E-state index contributed by atoms with van der Waals surface area (Å²) in [5.74, 6) is 0.761. The molecule has 0 bridgehead atoms. The van der Waals surface area contributed by atoms with Gasteiger partial charge in [0.1, 0.15) is 17.7 Å². The van der Waals surface area contributed by atoms with Crippen LogP contribution in [0.3, 0.4) is 0 Å². The smallest absolute Gasteiger partial charge is 0.373 e. The molecule has 3 heterocycles. The van der Waals surface area contributed by atoms with Gasteiger partial charge < -0.3 is 9.64 Å². The number of benzene rings is 2. The lowest BCUT2D eigenvalue weighted by atomic mass is 10.2. The molecule has 0 aliphatic carbocycles. The number of para-hydroxylation sites is 1. The van der Waals surface area contributed by atoms with Crippen molar-refractivity contribution < 1.29 is 9.66 Å². The second-order valence-corrected chi connectivity index (χ2v) is 7.30. The lowest BCUT2D eigenvalue weighted by Gasteiger charge is -2.23. The molecule has 0 amide bonds. The largest absolute Gasteiger partial charge is 0.431 e. The molecule has 0 aliphatic heterocycles. The molecule has 5 aromatic rings. The average Bonchev–Trinajstić information content (AvgIpc) is 2.88. The molecule has 2 aromatic carbocycles. The number of nitrogens with zero attached hydrogens (tertiary/aromatic N) is 6. The van der Waals surface area contributed by atoms with E-state index in [9.17, 15) is 10.1 Å². The monoisotopic (exact) mass is 450 g/mol. The lowest BCUT2D eigenvalue weighted by molar-refractivity contribution is -0.385. The summed E-state index contributed by atoms with van der Waals surface area (Å²) in [5, 5.41) is 13.1. The summed E-state index contributed by atoms with van der Waals surface area (Å²) in [4.78, 5) is 30.5. The first-order valence-corrected chi connectivity index (χ1v) is 10.4. The van der Waals surface area contributed by atoms with Gasteiger partial charge in [-0.05, 0) is 29.8 Å². The van der Waals surface area contributed by atoms with Gasteiger partial charge >= 0.3 is 11.6 Å². The van der Waals surface area contributed by atoms with Gasteiger partial charge in [-0.1, -0.05) is 54.6 Å². The number of aromatic nitrogens is 4. The Labute approximate surface area is 194 Å². The zero-order valence-electron chi connectivity index (χ0n) is 17.9. The summed E-state index contributed by atoms with van der Waals surface area (Å²) in [5.41, 5.74) is 1.14. The number of hydrogen-bond acceptors (Lipinski definition) is 8. The van der Waals surface area contributed by atoms with Crippen molar-refractivity contribution in [3.05, 3.63) is 113 Å². The maximum Gasteiger partial charge on any atom is 0.373 e. The maximum atomic E-state index is 12.3. The van der Waals surface area contributed by atoms with E-state index in [0.29, 0.717) is 23.6 Å². The van der Waals surface area contributed by atoms with Crippen LogP contribution in [-0.2, 0) is 6.54 Å². The number of rotatable bonds is 7. The molecule has 0 aliphatic rings. The quantitative estimate of drug-likeness (QED) is 0.238. The standard InChI is InChI=1S/C25H18N6O3/c32-31(33)23-24(30(21-13-4-5-14-26-21)16-18-8-2-1-3-9-18)28-17-29-25(23)34-20-12-6-10-19-11-7-15-27-22(19)20/h1-15,17H,16H2. The summed E-state index contributed by atoms with van der Waals surface area (Å²) in [6.45, 7) is 0.310. The predicted octanol–water partition coefficient (Wildman–Crippen LogP) is 5.46. The Bertz CT molecular complexity index is 1440. The van der Waals surface area contributed by atoms with Gasteiger partial charge in [-0.2, -0.15) is 4.98 Å². The first-order chi connectivity index (χ1) is 16.7. The van der Waals surface area contributed by atoms with Gasteiger partial charge in [0.25, 0.3) is 0 Å². The highest BCUT2D eigenvalue weighted by Gasteiger charge is 2.30. The van der Waals surface area contributed by atoms with Crippen molar-refractivity contribution in [1.82, 2.24) is 19.9 Å². The zero-order valence-corrected chi connectivity index (χ0v) is 17.9. The third kappa shape index (κ3) is 4.22. The van der Waals surface area contributed by atoms with Crippen LogP contribution in [-0.4, -0.2) is 24.9 Å². The van der Waals surface area contributed by atoms with E-state index in [-0.39, 0.29) is 17.4 Å². The first-order valence-electron chi connectivity index (χ1n) is 10.4. The molecule has 5 rings (SSSR count). The normalized spacial score (nSPS) is 10.7. The number of hydrogen-bond donors (Lipinski definition) is 0. The molecule has 0 atom stereocenters. The minimum absolute atomic E-state index is 0.0748. The second-order valence-electron chi connectivity index (χ2n) is 7.30. The van der Waals surface area contributed by atoms with Crippen LogP contribution in [0.15, 0.2) is 97.6 Å². The van der Waals surface area contributed by atoms with E-state index in [0.717, 1.165) is 10.9 Å². The fraction of sp³-hybridized carbons (Fsp3) is 0.0400. The third-order valence-electron chi connectivity index (χ3n) is 5.12. The Balaban J connectivity index is 1.63. The predicted molar refractivity (Wildman–Crippen MR) is 127 cm³/mol. The highest BCUT2D eigenvalue weighted by Crippen LogP contribution is 2.40. The third-order valence-corrected chi connectivity index (χ3v) is 5.12. The molecular weight excluding hydrogens is 432 g/mol. The number of fused-ring (bicyclic) bond motifs is 1. The lowest BCUT2D eigenvalue weighted by Crippen LogP contribution is -2.20. The van der Waals surface area contributed by atoms with Crippen molar-refractivity contribution in [2.24, 2.45) is 0 Å². The van der Waals surface area contributed by atoms with Crippen LogP contribution in [0.25, 0.3) is 10.9 Å². The molecule has 0 saturated carbocycles. The molecule has 166 valence electrons. The topological polar surface area (TPSA) is 107 Å². The van der Waals surface area contributed by atoms with Gasteiger partial charge in [-0.25, -0.2) is 9.97 Å². The maximum absolute atomic E-state index is 12.3. The fourth-order valence-electron chi connectivity index (χ4n) is 3.59. The number of nitro groups is 1. The number of anilines is 2. The fourth-order valence-corrected chi connectivity index (χ4v) is 3.59. The van der Waals surface area contributed by atoms with Gasteiger partial charge in [0.15, 0.2) is 5.75 Å². The van der Waals surface area contributed by atoms with Gasteiger partial charge in [0.05, 0.1) is 11.5 Å². The molecule has 0 radical (unpaired) electrons. The Hall–Kier alpha value is -4.92. The van der Waals surface area contributed by atoms with Crippen LogP contribution in [0.5, 0.6) is 11.6 Å². The van der Waals surface area contributed by atoms with Crippen molar-refractivity contribution in [3.8, 4) is 11.6 Å². The van der Waals surface area contributed by atoms with Crippen LogP contribution < -0.4 is 9.64 Å². The van der Waals surface area contributed by atoms with Crippen LogP contribution in [0.1, 0.15) is 5.56 Å². The minimum atomic E-state index is -0.538. The van der Waals surface area contributed by atoms with Gasteiger partial charge in [-0.3, -0.25) is 15.1 Å². The molecule has 9 heteroatoms. The van der Waals surface area contributed by atoms with E-state index in [1.807, 2.05) is 54.6 Å². The van der Waals surface area contributed by atoms with Crippen molar-refractivity contribution in [1.29, 1.82) is 0 Å². The van der Waals surface area contributed by atoms with Crippen LogP contribution in [0, 0.1) is 10.1 Å². The van der Waals surface area contributed by atoms with Crippen molar-refractivity contribution in [2.75, 3.05) is 4.90 Å². The Morgan fingerprint density at radius 2 is 1.62 bits per heavy atom. The second kappa shape index (κ2) is 9.29. The van der Waals surface area contributed by atoms with Crippen molar-refractivity contribution >= 4 is 28.2 Å². The molecule has 0 spiro atoms. The number of ether oxygens (including phenoxy) is 1. The van der Waals surface area contributed by atoms with Crippen molar-refractivity contribution in [2.45, 2.75) is 6.54 Å². The van der Waals surface area contributed by atoms with E-state index >= 15 is 0 Å². The molecule has 3 aromatic heterocycles. The summed E-state index contributed by atoms with van der Waals surface area (Å²) < 4.78 is 5.96. The van der Waals surface area contributed by atoms with Crippen LogP contribution in [0.2, 0.25) is 0 Å². The van der Waals surface area contributed by atoms with E-state index in [4.69, 9.17) is 4.74 Å². The van der Waals surface area contributed by atoms with Crippen LogP contribution >= 0.6 is 0 Å². The van der Waals surface area contributed by atoms with Crippen LogP contribution in [0.4, 0.5) is 17.3 Å². The van der Waals surface area contributed by atoms with Gasteiger partial charge in [-0.15, -0.1) is 0 Å². The highest BCUT2D eigenvalue weighted by atomic mass is 16.6. The highest BCUT2D eigenvalue weighted by molar-refractivity contribution is 5.84. The average molecular weight is 450 g/mol. The van der Waals surface area contributed by atoms with E-state index < -0.39 is 4.92 Å². The van der Waals surface area contributed by atoms with E-state index in [1.165, 1.54) is 6.33 Å². The number of pyridine rings is 2. The zero-order chi connectivity index (χ0) is 23.3. The molecule has 0 unspecified atom stereocenters. The van der Waals surface area contributed by atoms with Crippen molar-refractivity contribution in [3.63, 3.8) is 0 Å². The molecule has 0 N–H and O–H groups in total. The first kappa shape index (κ1) is 21.0. The van der Waals surface area contributed by atoms with Gasteiger partial charge in [0.2, 0.25) is 5.82 Å². The summed E-state index contributed by atoms with van der Waals surface area (Å²) in [6.07, 6.45) is 4.51. The Morgan fingerprint density at radius 1 is 0.824 bits per heavy atom. The summed E-state index contributed by atoms with van der Waals surface area (Å²) in [7, 11) is 0. The molecule has 0 saturated heterocycles. The van der Waals surface area contributed by atoms with Gasteiger partial charge in [0, 0.05) is 17.8 Å².